The molecule has 0 saturated carbocycles. The summed E-state index contributed by atoms with van der Waals surface area (Å²) in [6.45, 7) is 0.483. The Hall–Kier alpha value is -2.54. The van der Waals surface area contributed by atoms with E-state index < -0.39 is 0 Å². The quantitative estimate of drug-likeness (QED) is 0.794. The number of likely N-dealkylation sites (N-methyl/N-ethyl adjacent to an activating group) is 1. The van der Waals surface area contributed by atoms with Crippen LogP contribution in [-0.2, 0) is 4.84 Å². The third kappa shape index (κ3) is 3.76. The van der Waals surface area contributed by atoms with Gasteiger partial charge in [-0.25, -0.2) is 0 Å². The first-order chi connectivity index (χ1) is 12.1. The van der Waals surface area contributed by atoms with Crippen molar-refractivity contribution in [1.82, 2.24) is 4.90 Å². The van der Waals surface area contributed by atoms with E-state index in [-0.39, 0.29) is 12.0 Å². The van der Waals surface area contributed by atoms with Gasteiger partial charge in [-0.3, -0.25) is 4.79 Å². The molecule has 1 amide bonds. The van der Waals surface area contributed by atoms with Crippen LogP contribution in [-0.4, -0.2) is 50.4 Å². The summed E-state index contributed by atoms with van der Waals surface area (Å²) in [5.74, 6) is 1.32. The molecule has 1 aliphatic rings. The highest BCUT2D eigenvalue weighted by molar-refractivity contribution is 7.12. The number of benzene rings is 1. The van der Waals surface area contributed by atoms with Crippen LogP contribution in [0.2, 0.25) is 0 Å². The molecular weight excluding hydrogens is 340 g/mol. The zero-order chi connectivity index (χ0) is 17.8. The van der Waals surface area contributed by atoms with Crippen molar-refractivity contribution in [2.45, 2.75) is 12.5 Å². The summed E-state index contributed by atoms with van der Waals surface area (Å²) < 4.78 is 10.6. The first-order valence-corrected chi connectivity index (χ1v) is 8.74. The standard InChI is InChI=1S/C18H20N2O4S/c1-20(18(21)17-5-4-8-25-17)11-13-10-14(19-24-13)12-6-7-15(22-2)16(9-12)23-3/h4-9,13H,10-11H2,1-3H3/t13-/m0/s1. The van der Waals surface area contributed by atoms with Gasteiger partial charge in [0.05, 0.1) is 31.4 Å². The molecule has 0 N–H and O–H groups in total. The van der Waals surface area contributed by atoms with Crippen molar-refractivity contribution >= 4 is 23.0 Å². The predicted molar refractivity (Wildman–Crippen MR) is 96.9 cm³/mol. The van der Waals surface area contributed by atoms with Gasteiger partial charge in [0, 0.05) is 19.0 Å². The van der Waals surface area contributed by atoms with E-state index in [0.717, 1.165) is 16.2 Å². The number of amides is 1. The molecule has 0 aliphatic carbocycles. The molecule has 2 aromatic rings. The number of carbonyl (C=O) groups excluding carboxylic acids is 1. The summed E-state index contributed by atoms with van der Waals surface area (Å²) in [5, 5.41) is 6.07. The number of methoxy groups -OCH3 is 2. The van der Waals surface area contributed by atoms with Crippen molar-refractivity contribution in [2.24, 2.45) is 5.16 Å². The van der Waals surface area contributed by atoms with E-state index in [9.17, 15) is 4.79 Å². The van der Waals surface area contributed by atoms with E-state index in [2.05, 4.69) is 5.16 Å². The molecule has 6 nitrogen and oxygen atoms in total. The summed E-state index contributed by atoms with van der Waals surface area (Å²) >= 11 is 1.44. The minimum Gasteiger partial charge on any atom is -0.493 e. The molecule has 3 rings (SSSR count). The van der Waals surface area contributed by atoms with Crippen LogP contribution < -0.4 is 9.47 Å². The van der Waals surface area contributed by atoms with Crippen LogP contribution in [0.4, 0.5) is 0 Å². The lowest BCUT2D eigenvalue weighted by Gasteiger charge is -2.19. The second-order valence-electron chi connectivity index (χ2n) is 5.70. The van der Waals surface area contributed by atoms with Gasteiger partial charge in [-0.2, -0.15) is 0 Å². The molecule has 7 heteroatoms. The number of ether oxygens (including phenoxy) is 2. The van der Waals surface area contributed by atoms with Gasteiger partial charge in [0.25, 0.3) is 5.91 Å². The number of oxime groups is 1. The van der Waals surface area contributed by atoms with Gasteiger partial charge in [0.15, 0.2) is 17.6 Å². The normalized spacial score (nSPS) is 16.1. The van der Waals surface area contributed by atoms with Crippen LogP contribution in [0.1, 0.15) is 21.7 Å². The highest BCUT2D eigenvalue weighted by atomic mass is 32.1. The number of thiophene rings is 1. The average Bonchev–Trinajstić information content (AvgIpc) is 3.32. The van der Waals surface area contributed by atoms with Crippen molar-refractivity contribution in [2.75, 3.05) is 27.8 Å². The Balaban J connectivity index is 1.62. The summed E-state index contributed by atoms with van der Waals surface area (Å²) in [7, 11) is 4.98. The average molecular weight is 360 g/mol. The van der Waals surface area contributed by atoms with Gasteiger partial charge in [0.1, 0.15) is 0 Å². The Kier molecular flexibility index (Phi) is 5.23. The predicted octanol–water partition coefficient (Wildman–Crippen LogP) is 3.03. The van der Waals surface area contributed by atoms with Crippen LogP contribution in [0, 0.1) is 0 Å². The molecule has 0 radical (unpaired) electrons. The van der Waals surface area contributed by atoms with Gasteiger partial charge >= 0.3 is 0 Å². The van der Waals surface area contributed by atoms with Crippen LogP contribution in [0.15, 0.2) is 40.9 Å². The molecule has 0 bridgehead atoms. The number of carbonyl (C=O) groups is 1. The lowest BCUT2D eigenvalue weighted by atomic mass is 10.0. The van der Waals surface area contributed by atoms with Crippen LogP contribution in [0.3, 0.4) is 0 Å². The summed E-state index contributed by atoms with van der Waals surface area (Å²) in [5.41, 5.74) is 1.76. The van der Waals surface area contributed by atoms with E-state index in [4.69, 9.17) is 14.3 Å². The van der Waals surface area contributed by atoms with Gasteiger partial charge < -0.3 is 19.2 Å². The van der Waals surface area contributed by atoms with E-state index in [0.29, 0.717) is 24.5 Å². The highest BCUT2D eigenvalue weighted by Crippen LogP contribution is 2.29. The van der Waals surface area contributed by atoms with Gasteiger partial charge in [0.2, 0.25) is 0 Å². The molecule has 0 fully saturated rings. The van der Waals surface area contributed by atoms with Crippen molar-refractivity contribution in [3.05, 3.63) is 46.2 Å². The van der Waals surface area contributed by atoms with Crippen LogP contribution >= 0.6 is 11.3 Å². The van der Waals surface area contributed by atoms with Crippen molar-refractivity contribution in [3.8, 4) is 11.5 Å². The third-order valence-corrected chi connectivity index (χ3v) is 4.86. The second kappa shape index (κ2) is 7.57. The maximum Gasteiger partial charge on any atom is 0.263 e. The lowest BCUT2D eigenvalue weighted by molar-refractivity contribution is 0.0485. The minimum absolute atomic E-state index is 0.00170. The molecule has 0 unspecified atom stereocenters. The summed E-state index contributed by atoms with van der Waals surface area (Å²) in [6.07, 6.45) is 0.481. The molecule has 1 aromatic carbocycles. The molecule has 1 aromatic heterocycles. The Morgan fingerprint density at radius 1 is 1.32 bits per heavy atom. The van der Waals surface area contributed by atoms with Gasteiger partial charge in [-0.15, -0.1) is 11.3 Å². The number of nitrogens with zero attached hydrogens (tertiary/aromatic N) is 2. The molecule has 1 aliphatic heterocycles. The molecule has 0 spiro atoms. The number of rotatable bonds is 6. The first-order valence-electron chi connectivity index (χ1n) is 7.86. The molecular formula is C18H20N2O4S. The second-order valence-corrected chi connectivity index (χ2v) is 6.65. The monoisotopic (exact) mass is 360 g/mol. The lowest BCUT2D eigenvalue weighted by Crippen LogP contribution is -2.34. The third-order valence-electron chi connectivity index (χ3n) is 4.01. The van der Waals surface area contributed by atoms with Crippen LogP contribution in [0.5, 0.6) is 11.5 Å². The maximum atomic E-state index is 12.3. The number of hydrogen-bond acceptors (Lipinski definition) is 6. The molecule has 2 heterocycles. The Morgan fingerprint density at radius 3 is 2.80 bits per heavy atom. The topological polar surface area (TPSA) is 60.4 Å². The van der Waals surface area contributed by atoms with Crippen LogP contribution in [0.25, 0.3) is 0 Å². The fourth-order valence-corrected chi connectivity index (χ4v) is 3.41. The summed E-state index contributed by atoms with van der Waals surface area (Å²) in [4.78, 5) is 20.2. The maximum absolute atomic E-state index is 12.3. The van der Waals surface area contributed by atoms with E-state index in [1.54, 1.807) is 26.2 Å². The molecule has 132 valence electrons. The van der Waals surface area contributed by atoms with Crippen molar-refractivity contribution in [3.63, 3.8) is 0 Å². The van der Waals surface area contributed by atoms with Crippen molar-refractivity contribution < 1.29 is 19.1 Å². The van der Waals surface area contributed by atoms with Gasteiger partial charge in [-0.05, 0) is 29.6 Å². The molecule has 0 saturated heterocycles. The van der Waals surface area contributed by atoms with Gasteiger partial charge in [-0.1, -0.05) is 11.2 Å². The van der Waals surface area contributed by atoms with Crippen molar-refractivity contribution in [1.29, 1.82) is 0 Å². The highest BCUT2D eigenvalue weighted by Gasteiger charge is 2.26. The zero-order valence-electron chi connectivity index (χ0n) is 14.4. The molecule has 1 atom stereocenters. The Bertz CT molecular complexity index is 773. The first kappa shape index (κ1) is 17.3. The SMILES string of the molecule is COc1ccc(C2=NO[C@H](CN(C)C(=O)c3cccs3)C2)cc1OC. The zero-order valence-corrected chi connectivity index (χ0v) is 15.2. The fraction of sp³-hybridized carbons (Fsp3) is 0.333. The van der Waals surface area contributed by atoms with E-state index in [1.807, 2.05) is 35.7 Å². The Labute approximate surface area is 150 Å². The summed E-state index contributed by atoms with van der Waals surface area (Å²) in [6, 6.07) is 9.34. The largest absolute Gasteiger partial charge is 0.493 e. The Morgan fingerprint density at radius 2 is 2.12 bits per heavy atom. The number of hydrogen-bond donors (Lipinski definition) is 0. The smallest absolute Gasteiger partial charge is 0.263 e. The van der Waals surface area contributed by atoms with E-state index in [1.165, 1.54) is 11.3 Å². The minimum atomic E-state index is -0.156. The molecule has 25 heavy (non-hydrogen) atoms. The fourth-order valence-electron chi connectivity index (χ4n) is 2.69. The van der Waals surface area contributed by atoms with E-state index >= 15 is 0 Å².